The number of amides is 2. The highest BCUT2D eigenvalue weighted by Gasteiger charge is 2.33. The molecule has 2 amide bonds. The van der Waals surface area contributed by atoms with E-state index in [1.807, 2.05) is 20.8 Å². The van der Waals surface area contributed by atoms with Gasteiger partial charge >= 0.3 is 12.3 Å². The Morgan fingerprint density at radius 2 is 1.88 bits per heavy atom. The number of nitrogens with one attached hydrogen (secondary N) is 1. The number of alkyl halides is 3. The summed E-state index contributed by atoms with van der Waals surface area (Å²) in [7, 11) is 0. The highest BCUT2D eigenvalue weighted by molar-refractivity contribution is 5.81. The van der Waals surface area contributed by atoms with E-state index in [0.29, 0.717) is 37.9 Å². The number of pyridine rings is 1. The summed E-state index contributed by atoms with van der Waals surface area (Å²) in [6, 6.07) is 0.889. The van der Waals surface area contributed by atoms with Crippen LogP contribution < -0.4 is 5.32 Å². The molecule has 0 spiro atoms. The van der Waals surface area contributed by atoms with Crippen LogP contribution in [0, 0.1) is 11.8 Å². The summed E-state index contributed by atoms with van der Waals surface area (Å²) in [6.07, 6.45) is 0.663. The minimum Gasteiger partial charge on any atom is -0.444 e. The van der Waals surface area contributed by atoms with Crippen molar-refractivity contribution in [2.75, 3.05) is 13.1 Å². The second kappa shape index (κ2) is 11.2. The molecule has 1 aliphatic heterocycles. The number of halogens is 3. The molecule has 0 saturated carbocycles. The first-order chi connectivity index (χ1) is 15.7. The summed E-state index contributed by atoms with van der Waals surface area (Å²) in [6.45, 7) is 12.0. The first kappa shape index (κ1) is 27.7. The molecule has 1 aromatic heterocycles. The maximum absolute atomic E-state index is 13.3. The molecular weight excluding hydrogens is 447 g/mol. The van der Waals surface area contributed by atoms with E-state index >= 15 is 0 Å². The number of carbonyl (C=O) groups excluding carboxylic acids is 2. The Morgan fingerprint density at radius 3 is 2.38 bits per heavy atom. The lowest BCUT2D eigenvalue weighted by Crippen LogP contribution is -2.45. The summed E-state index contributed by atoms with van der Waals surface area (Å²) in [4.78, 5) is 31.0. The number of ether oxygens (including phenoxy) is 1. The maximum Gasteiger partial charge on any atom is 0.417 e. The normalized spacial score (nSPS) is 16.6. The summed E-state index contributed by atoms with van der Waals surface area (Å²) >= 11 is 0. The molecular formula is C25H36F3N3O3. The number of nitrogens with zero attached hydrogens (tertiary/aromatic N) is 2. The van der Waals surface area contributed by atoms with E-state index in [9.17, 15) is 22.8 Å². The molecule has 0 fully saturated rings. The van der Waals surface area contributed by atoms with E-state index in [1.165, 1.54) is 6.20 Å². The van der Waals surface area contributed by atoms with Crippen LogP contribution in [0.2, 0.25) is 0 Å². The second-order valence-electron chi connectivity index (χ2n) is 10.1. The molecule has 1 N–H and O–H groups in total. The van der Waals surface area contributed by atoms with Crippen molar-refractivity contribution < 1.29 is 27.5 Å². The van der Waals surface area contributed by atoms with Crippen molar-refractivity contribution >= 4 is 17.6 Å². The summed E-state index contributed by atoms with van der Waals surface area (Å²) in [5.74, 6) is -0.262. The number of carbonyl (C=O) groups is 2. The summed E-state index contributed by atoms with van der Waals surface area (Å²) < 4.78 is 44.4. The van der Waals surface area contributed by atoms with E-state index < -0.39 is 23.4 Å². The number of hydrogen-bond donors (Lipinski definition) is 1. The van der Waals surface area contributed by atoms with Gasteiger partial charge in [-0.3, -0.25) is 9.78 Å². The molecule has 190 valence electrons. The van der Waals surface area contributed by atoms with Gasteiger partial charge in [0.2, 0.25) is 5.91 Å². The highest BCUT2D eigenvalue weighted by Crippen LogP contribution is 2.32. The number of aromatic nitrogens is 1. The van der Waals surface area contributed by atoms with E-state index in [0.717, 1.165) is 17.8 Å². The molecule has 2 atom stereocenters. The standard InChI is InChI=1S/C25H36F3N3O3/c1-7-20(30-23(33)34-24(4,5)6)13-21(16(2)3)22(32)31-10-8-17(9-11-31)18-12-19(15-29-14-18)25(26,27)28/h8,12,14-16,20-21H,7,9-11,13H2,1-6H3,(H,30,33). The van der Waals surface area contributed by atoms with Crippen LogP contribution in [0.4, 0.5) is 18.0 Å². The fraction of sp³-hybridized carbons (Fsp3) is 0.640. The third-order valence-electron chi connectivity index (χ3n) is 5.83. The minimum absolute atomic E-state index is 0.0168. The zero-order valence-corrected chi connectivity index (χ0v) is 20.8. The minimum atomic E-state index is -4.45. The molecule has 1 aliphatic rings. The summed E-state index contributed by atoms with van der Waals surface area (Å²) in [5.41, 5.74) is -0.216. The van der Waals surface area contributed by atoms with E-state index in [1.54, 1.807) is 31.7 Å². The fourth-order valence-corrected chi connectivity index (χ4v) is 3.90. The van der Waals surface area contributed by atoms with Crippen molar-refractivity contribution in [3.05, 3.63) is 35.7 Å². The second-order valence-corrected chi connectivity index (χ2v) is 10.1. The van der Waals surface area contributed by atoms with Gasteiger partial charge in [-0.15, -0.1) is 0 Å². The smallest absolute Gasteiger partial charge is 0.417 e. The molecule has 2 heterocycles. The lowest BCUT2D eigenvalue weighted by atomic mass is 9.86. The van der Waals surface area contributed by atoms with Crippen molar-refractivity contribution in [2.45, 2.75) is 78.6 Å². The fourth-order valence-electron chi connectivity index (χ4n) is 3.90. The van der Waals surface area contributed by atoms with Gasteiger partial charge < -0.3 is 15.0 Å². The monoisotopic (exact) mass is 483 g/mol. The largest absolute Gasteiger partial charge is 0.444 e. The molecule has 0 bridgehead atoms. The SMILES string of the molecule is CCC(CC(C(=O)N1CC=C(c2cncc(C(F)(F)F)c2)CC1)C(C)C)NC(=O)OC(C)(C)C. The Bertz CT molecular complexity index is 891. The van der Waals surface area contributed by atoms with Crippen LogP contribution in [0.1, 0.15) is 71.9 Å². The van der Waals surface area contributed by atoms with Crippen LogP contribution in [0.5, 0.6) is 0 Å². The van der Waals surface area contributed by atoms with Gasteiger partial charge in [0.25, 0.3) is 0 Å². The number of hydrogen-bond acceptors (Lipinski definition) is 4. The molecule has 1 aromatic rings. The van der Waals surface area contributed by atoms with Crippen LogP contribution >= 0.6 is 0 Å². The first-order valence-electron chi connectivity index (χ1n) is 11.7. The zero-order chi connectivity index (χ0) is 25.7. The molecule has 34 heavy (non-hydrogen) atoms. The first-order valence-corrected chi connectivity index (χ1v) is 11.7. The van der Waals surface area contributed by atoms with Crippen molar-refractivity contribution in [1.29, 1.82) is 0 Å². The van der Waals surface area contributed by atoms with Crippen molar-refractivity contribution in [3.8, 4) is 0 Å². The van der Waals surface area contributed by atoms with Crippen molar-refractivity contribution in [1.82, 2.24) is 15.2 Å². The van der Waals surface area contributed by atoms with E-state index in [-0.39, 0.29) is 23.8 Å². The topological polar surface area (TPSA) is 71.5 Å². The predicted molar refractivity (Wildman–Crippen MR) is 125 cm³/mol. The number of alkyl carbamates (subject to hydrolysis) is 1. The molecule has 2 rings (SSSR count). The number of rotatable bonds is 7. The van der Waals surface area contributed by atoms with Gasteiger partial charge in [0.05, 0.1) is 5.56 Å². The Hall–Kier alpha value is -2.58. The average Bonchev–Trinajstić information content (AvgIpc) is 2.74. The lowest BCUT2D eigenvalue weighted by molar-refractivity contribution is -0.138. The van der Waals surface area contributed by atoms with Gasteiger partial charge in [0.15, 0.2) is 0 Å². The van der Waals surface area contributed by atoms with Gasteiger partial charge in [0, 0.05) is 37.4 Å². The third-order valence-corrected chi connectivity index (χ3v) is 5.83. The zero-order valence-electron chi connectivity index (χ0n) is 20.8. The Labute approximate surface area is 199 Å². The molecule has 0 radical (unpaired) electrons. The van der Waals surface area contributed by atoms with Gasteiger partial charge in [-0.25, -0.2) is 4.79 Å². The van der Waals surface area contributed by atoms with E-state index in [4.69, 9.17) is 4.74 Å². The van der Waals surface area contributed by atoms with E-state index in [2.05, 4.69) is 10.3 Å². The highest BCUT2D eigenvalue weighted by atomic mass is 19.4. The van der Waals surface area contributed by atoms with Gasteiger partial charge in [0.1, 0.15) is 5.60 Å². The Balaban J connectivity index is 2.07. The Morgan fingerprint density at radius 1 is 1.21 bits per heavy atom. The Kier molecular flexibility index (Phi) is 9.14. The van der Waals surface area contributed by atoms with Crippen LogP contribution in [0.25, 0.3) is 5.57 Å². The van der Waals surface area contributed by atoms with Crippen LogP contribution in [0.3, 0.4) is 0 Å². The average molecular weight is 484 g/mol. The third kappa shape index (κ3) is 8.02. The lowest BCUT2D eigenvalue weighted by Gasteiger charge is -2.33. The quantitative estimate of drug-likeness (QED) is 0.542. The molecule has 9 heteroatoms. The predicted octanol–water partition coefficient (Wildman–Crippen LogP) is 5.68. The van der Waals surface area contributed by atoms with Crippen LogP contribution in [0.15, 0.2) is 24.5 Å². The van der Waals surface area contributed by atoms with Crippen LogP contribution in [-0.2, 0) is 15.7 Å². The maximum atomic E-state index is 13.3. The molecule has 0 aliphatic carbocycles. The van der Waals surface area contributed by atoms with Gasteiger partial charge in [-0.2, -0.15) is 13.2 Å². The van der Waals surface area contributed by atoms with Crippen molar-refractivity contribution in [3.63, 3.8) is 0 Å². The van der Waals surface area contributed by atoms with Crippen LogP contribution in [-0.4, -0.2) is 46.6 Å². The van der Waals surface area contributed by atoms with Crippen molar-refractivity contribution in [2.24, 2.45) is 11.8 Å². The molecule has 0 aromatic carbocycles. The summed E-state index contributed by atoms with van der Waals surface area (Å²) in [5, 5.41) is 2.87. The van der Waals surface area contributed by atoms with Gasteiger partial charge in [-0.1, -0.05) is 26.8 Å². The molecule has 2 unspecified atom stereocenters. The molecule has 0 saturated heterocycles. The van der Waals surface area contributed by atoms with Gasteiger partial charge in [-0.05, 0) is 63.2 Å². The molecule has 6 nitrogen and oxygen atoms in total.